The molecule has 0 bridgehead atoms. The molecule has 35 heavy (non-hydrogen) atoms. The van der Waals surface area contributed by atoms with Gasteiger partial charge in [-0.05, 0) is 57.2 Å². The largest absolute Gasteiger partial charge is 0.416 e. The average molecular weight is 530 g/mol. The zero-order valence-corrected chi connectivity index (χ0v) is 26.8. The van der Waals surface area contributed by atoms with Crippen molar-refractivity contribution in [1.29, 1.82) is 0 Å². The second kappa shape index (κ2) is 27.5. The molecule has 0 aromatic rings. The van der Waals surface area contributed by atoms with E-state index in [0.717, 1.165) is 18.9 Å². The lowest BCUT2D eigenvalue weighted by atomic mass is 10.1. The van der Waals surface area contributed by atoms with Crippen LogP contribution in [-0.4, -0.2) is 45.2 Å². The summed E-state index contributed by atoms with van der Waals surface area (Å²) in [5.41, 5.74) is 0. The topological polar surface area (TPSA) is 12.5 Å². The van der Waals surface area contributed by atoms with Gasteiger partial charge >= 0.3 is 0 Å². The molecule has 0 heterocycles. The molecular weight excluding hydrogens is 463 g/mol. The Hall–Kier alpha value is 0.487. The highest BCUT2D eigenvalue weighted by Crippen LogP contribution is 2.15. The number of rotatable bonds is 29. The molecule has 2 nitrogen and oxygen atoms in total. The molecule has 0 saturated carbocycles. The summed E-state index contributed by atoms with van der Waals surface area (Å²) < 4.78 is 6.42. The highest BCUT2D eigenvalue weighted by Gasteiger charge is 2.21. The van der Waals surface area contributed by atoms with Crippen molar-refractivity contribution in [3.63, 3.8) is 0 Å². The minimum Gasteiger partial charge on any atom is -0.416 e. The third-order valence-corrected chi connectivity index (χ3v) is 10.4. The van der Waals surface area contributed by atoms with Crippen molar-refractivity contribution in [2.24, 2.45) is 0 Å². The van der Waals surface area contributed by atoms with E-state index in [-0.39, 0.29) is 0 Å². The van der Waals surface area contributed by atoms with Gasteiger partial charge in [0, 0.05) is 13.2 Å². The van der Waals surface area contributed by atoms with Gasteiger partial charge in [0.1, 0.15) is 0 Å². The van der Waals surface area contributed by atoms with Crippen LogP contribution in [0, 0.1) is 0 Å². The minimum atomic E-state index is -1.50. The van der Waals surface area contributed by atoms with Crippen LogP contribution in [0.4, 0.5) is 0 Å². The van der Waals surface area contributed by atoms with E-state index >= 15 is 0 Å². The van der Waals surface area contributed by atoms with Crippen molar-refractivity contribution < 1.29 is 4.43 Å². The molecule has 0 radical (unpaired) electrons. The molecule has 0 fully saturated rings. The van der Waals surface area contributed by atoms with Gasteiger partial charge in [-0.15, -0.1) is 0 Å². The molecule has 0 aliphatic carbocycles. The van der Waals surface area contributed by atoms with Gasteiger partial charge in [0.05, 0.1) is 0 Å². The van der Waals surface area contributed by atoms with Gasteiger partial charge in [0.25, 0.3) is 0 Å². The molecule has 0 aromatic carbocycles. The summed E-state index contributed by atoms with van der Waals surface area (Å²) in [4.78, 5) is 2.72. The minimum absolute atomic E-state index is 0.932. The predicted octanol–water partition coefficient (Wildman–Crippen LogP) is 10.7. The second-order valence-corrected chi connectivity index (χ2v) is 16.4. The van der Waals surface area contributed by atoms with Crippen molar-refractivity contribution in [2.75, 3.05) is 32.0 Å². The molecule has 0 amide bonds. The molecule has 0 aliphatic rings. The maximum absolute atomic E-state index is 6.42. The van der Waals surface area contributed by atoms with Crippen LogP contribution in [0.5, 0.6) is 0 Å². The Labute approximate surface area is 229 Å². The molecule has 0 N–H and O–H groups in total. The first-order chi connectivity index (χ1) is 17.1. The zero-order valence-electron chi connectivity index (χ0n) is 24.9. The van der Waals surface area contributed by atoms with Crippen LogP contribution >= 0.6 is 12.6 Å². The Bertz CT molecular complexity index is 383. The molecule has 4 heteroatoms. The lowest BCUT2D eigenvalue weighted by molar-refractivity contribution is 0.197. The SMILES string of the molecule is CCCCCCCCCCCCN(CCCCCCCCCCCC)CCO[Si](C)(C)CCCS. The summed E-state index contributed by atoms with van der Waals surface area (Å²) in [6, 6.07) is 1.24. The average Bonchev–Trinajstić information content (AvgIpc) is 2.84. The normalized spacial score (nSPS) is 12.2. The number of hydrogen-bond acceptors (Lipinski definition) is 3. The summed E-state index contributed by atoms with van der Waals surface area (Å²) in [7, 11) is -1.50. The highest BCUT2D eigenvalue weighted by atomic mass is 32.1. The molecule has 0 unspecified atom stereocenters. The van der Waals surface area contributed by atoms with E-state index in [0.29, 0.717) is 0 Å². The lowest BCUT2D eigenvalue weighted by Gasteiger charge is -2.27. The third-order valence-electron chi connectivity index (χ3n) is 7.49. The Kier molecular flexibility index (Phi) is 27.9. The van der Waals surface area contributed by atoms with Gasteiger partial charge < -0.3 is 9.33 Å². The Morgan fingerprint density at radius 3 is 1.26 bits per heavy atom. The Balaban J connectivity index is 4.03. The van der Waals surface area contributed by atoms with Crippen LogP contribution in [0.25, 0.3) is 0 Å². The molecular formula is C31H67NOSSi. The van der Waals surface area contributed by atoms with E-state index in [4.69, 9.17) is 4.43 Å². The number of nitrogens with zero attached hydrogens (tertiary/aromatic N) is 1. The molecule has 212 valence electrons. The van der Waals surface area contributed by atoms with E-state index in [1.165, 1.54) is 154 Å². The molecule has 0 atom stereocenters. The van der Waals surface area contributed by atoms with Gasteiger partial charge in [-0.2, -0.15) is 12.6 Å². The van der Waals surface area contributed by atoms with Crippen LogP contribution in [0.1, 0.15) is 149 Å². The molecule has 0 aliphatic heterocycles. The first kappa shape index (κ1) is 35.5. The van der Waals surface area contributed by atoms with Gasteiger partial charge in [0.2, 0.25) is 0 Å². The molecule has 0 rings (SSSR count). The Morgan fingerprint density at radius 1 is 0.514 bits per heavy atom. The van der Waals surface area contributed by atoms with Gasteiger partial charge in [-0.25, -0.2) is 0 Å². The first-order valence-corrected chi connectivity index (χ1v) is 19.8. The zero-order chi connectivity index (χ0) is 25.9. The van der Waals surface area contributed by atoms with E-state index in [1.807, 2.05) is 0 Å². The van der Waals surface area contributed by atoms with Crippen LogP contribution in [0.15, 0.2) is 0 Å². The van der Waals surface area contributed by atoms with Crippen molar-refractivity contribution in [2.45, 2.75) is 168 Å². The summed E-state index contributed by atoms with van der Waals surface area (Å²) in [5.74, 6) is 0.989. The van der Waals surface area contributed by atoms with Gasteiger partial charge in [-0.1, -0.05) is 129 Å². The monoisotopic (exact) mass is 529 g/mol. The quantitative estimate of drug-likeness (QED) is 0.0587. The lowest BCUT2D eigenvalue weighted by Crippen LogP contribution is -2.36. The van der Waals surface area contributed by atoms with E-state index < -0.39 is 8.32 Å². The number of hydrogen-bond donors (Lipinski definition) is 1. The standard InChI is InChI=1S/C31H67NOSSi/c1-5-7-9-11-13-15-17-19-21-23-26-32(28-29-33-35(3,4)31-25-30-34)27-24-22-20-18-16-14-12-10-8-6-2/h34H,5-31H2,1-4H3. The summed E-state index contributed by atoms with van der Waals surface area (Å²) >= 11 is 4.39. The Morgan fingerprint density at radius 2 is 0.886 bits per heavy atom. The van der Waals surface area contributed by atoms with Crippen LogP contribution < -0.4 is 0 Å². The molecule has 0 aromatic heterocycles. The first-order valence-electron chi connectivity index (χ1n) is 16.0. The summed E-state index contributed by atoms with van der Waals surface area (Å²) in [6.07, 6.45) is 29.7. The van der Waals surface area contributed by atoms with Crippen molar-refractivity contribution in [3.8, 4) is 0 Å². The van der Waals surface area contributed by atoms with Crippen LogP contribution in [0.3, 0.4) is 0 Å². The number of thiol groups is 1. The van der Waals surface area contributed by atoms with Gasteiger partial charge in [0.15, 0.2) is 8.32 Å². The molecule has 0 spiro atoms. The molecule has 0 saturated heterocycles. The predicted molar refractivity (Wildman–Crippen MR) is 167 cm³/mol. The van der Waals surface area contributed by atoms with Crippen LogP contribution in [0.2, 0.25) is 19.1 Å². The maximum Gasteiger partial charge on any atom is 0.186 e. The van der Waals surface area contributed by atoms with E-state index in [9.17, 15) is 0 Å². The maximum atomic E-state index is 6.42. The smallest absolute Gasteiger partial charge is 0.186 e. The van der Waals surface area contributed by atoms with Crippen molar-refractivity contribution >= 4 is 20.9 Å². The second-order valence-electron chi connectivity index (χ2n) is 11.6. The van der Waals surface area contributed by atoms with E-state index in [1.54, 1.807) is 0 Å². The van der Waals surface area contributed by atoms with Crippen molar-refractivity contribution in [1.82, 2.24) is 4.90 Å². The summed E-state index contributed by atoms with van der Waals surface area (Å²) in [6.45, 7) is 14.0. The fourth-order valence-electron chi connectivity index (χ4n) is 5.01. The number of unbranched alkanes of at least 4 members (excludes halogenated alkanes) is 18. The summed E-state index contributed by atoms with van der Waals surface area (Å²) in [5, 5.41) is 0. The van der Waals surface area contributed by atoms with Crippen LogP contribution in [-0.2, 0) is 4.43 Å². The third kappa shape index (κ3) is 27.3. The van der Waals surface area contributed by atoms with Crippen molar-refractivity contribution in [3.05, 3.63) is 0 Å². The van der Waals surface area contributed by atoms with Gasteiger partial charge in [-0.3, -0.25) is 0 Å². The fourth-order valence-corrected chi connectivity index (χ4v) is 7.28. The van der Waals surface area contributed by atoms with E-state index in [2.05, 4.69) is 44.5 Å². The highest BCUT2D eigenvalue weighted by molar-refractivity contribution is 7.80. The fraction of sp³-hybridized carbons (Fsp3) is 1.00.